The highest BCUT2D eigenvalue weighted by atomic mass is 16.5. The predicted octanol–water partition coefficient (Wildman–Crippen LogP) is 3.18. The zero-order valence-electron chi connectivity index (χ0n) is 18.6. The third-order valence-corrected chi connectivity index (χ3v) is 5.70. The number of guanidine groups is 1. The highest BCUT2D eigenvalue weighted by Crippen LogP contribution is 2.34. The fourth-order valence-corrected chi connectivity index (χ4v) is 4.29. The lowest BCUT2D eigenvalue weighted by Gasteiger charge is -2.39. The number of amides is 1. The van der Waals surface area contributed by atoms with Gasteiger partial charge < -0.3 is 20.3 Å². The van der Waals surface area contributed by atoms with Crippen LogP contribution in [-0.2, 0) is 9.53 Å². The van der Waals surface area contributed by atoms with Crippen LogP contribution in [0.2, 0.25) is 0 Å². The van der Waals surface area contributed by atoms with E-state index in [1.54, 1.807) is 0 Å². The molecule has 0 aromatic heterocycles. The smallest absolute Gasteiger partial charge is 0.222 e. The Morgan fingerprint density at radius 1 is 1.21 bits per heavy atom. The number of hydrogen-bond donors (Lipinski definition) is 2. The SMILES string of the molecule is CCNC(=NCC1CCCOC1C(C)(C)C)NCCCN1CCCCCC1=O. The standard InChI is InChI=1S/C22H42N4O2/c1-5-23-21(24-13-10-15-26-14-8-6-7-12-19(26)27)25-17-18-11-9-16-28-20(18)22(2,3)4/h18,20H,5-17H2,1-4H3,(H2,23,24,25). The highest BCUT2D eigenvalue weighted by Gasteiger charge is 2.35. The molecule has 2 fully saturated rings. The minimum absolute atomic E-state index is 0.145. The lowest BCUT2D eigenvalue weighted by molar-refractivity contribution is -0.130. The number of hydrogen-bond acceptors (Lipinski definition) is 3. The maximum atomic E-state index is 12.1. The molecule has 2 saturated heterocycles. The van der Waals surface area contributed by atoms with Gasteiger partial charge in [0.1, 0.15) is 0 Å². The van der Waals surface area contributed by atoms with Gasteiger partial charge in [-0.1, -0.05) is 27.2 Å². The molecule has 2 aliphatic heterocycles. The second kappa shape index (κ2) is 11.6. The minimum atomic E-state index is 0.145. The van der Waals surface area contributed by atoms with E-state index in [2.05, 4.69) is 38.3 Å². The van der Waals surface area contributed by atoms with Crippen molar-refractivity contribution in [2.24, 2.45) is 16.3 Å². The molecule has 0 spiro atoms. The number of ether oxygens (including phenoxy) is 1. The highest BCUT2D eigenvalue weighted by molar-refractivity contribution is 5.79. The molecule has 0 aliphatic carbocycles. The molecule has 0 aromatic rings. The summed E-state index contributed by atoms with van der Waals surface area (Å²) in [6.07, 6.45) is 7.61. The normalized spacial score (nSPS) is 24.8. The molecule has 1 amide bonds. The summed E-state index contributed by atoms with van der Waals surface area (Å²) in [5.41, 5.74) is 0.145. The van der Waals surface area contributed by atoms with Gasteiger partial charge >= 0.3 is 0 Å². The van der Waals surface area contributed by atoms with Gasteiger partial charge in [-0.05, 0) is 44.4 Å². The summed E-state index contributed by atoms with van der Waals surface area (Å²) in [5.74, 6) is 1.67. The largest absolute Gasteiger partial charge is 0.377 e. The van der Waals surface area contributed by atoms with Crippen molar-refractivity contribution >= 4 is 11.9 Å². The maximum Gasteiger partial charge on any atom is 0.222 e. The van der Waals surface area contributed by atoms with Crippen molar-refractivity contribution in [2.75, 3.05) is 39.3 Å². The number of rotatable bonds is 7. The van der Waals surface area contributed by atoms with E-state index >= 15 is 0 Å². The molecule has 0 radical (unpaired) electrons. The molecular weight excluding hydrogens is 352 g/mol. The number of carbonyl (C=O) groups excluding carboxylic acids is 1. The van der Waals surface area contributed by atoms with Crippen molar-refractivity contribution in [3.05, 3.63) is 0 Å². The van der Waals surface area contributed by atoms with E-state index in [4.69, 9.17) is 9.73 Å². The number of nitrogens with zero attached hydrogens (tertiary/aromatic N) is 2. The molecule has 0 aromatic carbocycles. The van der Waals surface area contributed by atoms with Crippen molar-refractivity contribution in [1.82, 2.24) is 15.5 Å². The number of carbonyl (C=O) groups is 1. The Morgan fingerprint density at radius 3 is 2.79 bits per heavy atom. The van der Waals surface area contributed by atoms with Crippen LogP contribution in [0.5, 0.6) is 0 Å². The van der Waals surface area contributed by atoms with Gasteiger partial charge in [-0.15, -0.1) is 0 Å². The van der Waals surface area contributed by atoms with E-state index in [1.165, 1.54) is 12.8 Å². The summed E-state index contributed by atoms with van der Waals surface area (Å²) in [6, 6.07) is 0. The summed E-state index contributed by atoms with van der Waals surface area (Å²) in [4.78, 5) is 19.0. The van der Waals surface area contributed by atoms with Crippen LogP contribution in [0.15, 0.2) is 4.99 Å². The van der Waals surface area contributed by atoms with Crippen molar-refractivity contribution in [1.29, 1.82) is 0 Å². The topological polar surface area (TPSA) is 66.0 Å². The molecule has 2 rings (SSSR count). The summed E-state index contributed by atoms with van der Waals surface area (Å²) < 4.78 is 6.09. The summed E-state index contributed by atoms with van der Waals surface area (Å²) in [5, 5.41) is 6.79. The molecule has 2 aliphatic rings. The summed E-state index contributed by atoms with van der Waals surface area (Å²) in [7, 11) is 0. The Balaban J connectivity index is 1.80. The van der Waals surface area contributed by atoms with Crippen molar-refractivity contribution < 1.29 is 9.53 Å². The van der Waals surface area contributed by atoms with E-state index in [0.717, 1.165) is 77.4 Å². The second-order valence-electron chi connectivity index (χ2n) is 9.25. The molecule has 162 valence electrons. The molecule has 2 atom stereocenters. The Kier molecular flexibility index (Phi) is 9.56. The molecule has 2 N–H and O–H groups in total. The molecule has 28 heavy (non-hydrogen) atoms. The maximum absolute atomic E-state index is 12.1. The Hall–Kier alpha value is -1.30. The lowest BCUT2D eigenvalue weighted by atomic mass is 9.78. The van der Waals surface area contributed by atoms with Crippen LogP contribution >= 0.6 is 0 Å². The third-order valence-electron chi connectivity index (χ3n) is 5.70. The Labute approximate surface area is 171 Å². The first-order valence-corrected chi connectivity index (χ1v) is 11.3. The molecule has 0 bridgehead atoms. The molecule has 6 heteroatoms. The van der Waals surface area contributed by atoms with Crippen LogP contribution in [0.4, 0.5) is 0 Å². The van der Waals surface area contributed by atoms with E-state index in [-0.39, 0.29) is 11.5 Å². The average Bonchev–Trinajstić information content (AvgIpc) is 2.87. The predicted molar refractivity (Wildman–Crippen MR) is 116 cm³/mol. The average molecular weight is 395 g/mol. The van der Waals surface area contributed by atoms with Gasteiger partial charge in [0.2, 0.25) is 5.91 Å². The van der Waals surface area contributed by atoms with Gasteiger partial charge in [0.05, 0.1) is 6.10 Å². The molecular formula is C22H42N4O2. The van der Waals surface area contributed by atoms with Crippen molar-refractivity contribution in [2.45, 2.75) is 78.7 Å². The van der Waals surface area contributed by atoms with Crippen LogP contribution in [0.3, 0.4) is 0 Å². The van der Waals surface area contributed by atoms with Gasteiger partial charge in [0.15, 0.2) is 5.96 Å². The van der Waals surface area contributed by atoms with Gasteiger partial charge in [0.25, 0.3) is 0 Å². The van der Waals surface area contributed by atoms with E-state index in [1.807, 2.05) is 4.90 Å². The van der Waals surface area contributed by atoms with Crippen LogP contribution in [0.1, 0.15) is 72.6 Å². The first-order valence-electron chi connectivity index (χ1n) is 11.3. The third kappa shape index (κ3) is 7.61. The number of likely N-dealkylation sites (tertiary alicyclic amines) is 1. The van der Waals surface area contributed by atoms with Gasteiger partial charge in [-0.25, -0.2) is 0 Å². The summed E-state index contributed by atoms with van der Waals surface area (Å²) >= 11 is 0. The lowest BCUT2D eigenvalue weighted by Crippen LogP contribution is -2.43. The first kappa shape index (κ1) is 23.0. The fraction of sp³-hybridized carbons (Fsp3) is 0.909. The quantitative estimate of drug-likeness (QED) is 0.395. The van der Waals surface area contributed by atoms with Gasteiger partial charge in [-0.3, -0.25) is 9.79 Å². The molecule has 0 saturated carbocycles. The van der Waals surface area contributed by atoms with Crippen molar-refractivity contribution in [3.8, 4) is 0 Å². The van der Waals surface area contributed by atoms with E-state index < -0.39 is 0 Å². The number of nitrogens with one attached hydrogen (secondary N) is 2. The van der Waals surface area contributed by atoms with Crippen LogP contribution in [-0.4, -0.2) is 62.2 Å². The van der Waals surface area contributed by atoms with Crippen LogP contribution in [0, 0.1) is 11.3 Å². The summed E-state index contributed by atoms with van der Waals surface area (Å²) in [6.45, 7) is 14.0. The Bertz CT molecular complexity index is 501. The van der Waals surface area contributed by atoms with Gasteiger partial charge in [0, 0.05) is 51.7 Å². The van der Waals surface area contributed by atoms with Crippen LogP contribution < -0.4 is 10.6 Å². The molecule has 6 nitrogen and oxygen atoms in total. The van der Waals surface area contributed by atoms with Crippen LogP contribution in [0.25, 0.3) is 0 Å². The fourth-order valence-electron chi connectivity index (χ4n) is 4.29. The van der Waals surface area contributed by atoms with Gasteiger partial charge in [-0.2, -0.15) is 0 Å². The number of aliphatic imine (C=N–C) groups is 1. The first-order chi connectivity index (χ1) is 13.4. The minimum Gasteiger partial charge on any atom is -0.377 e. The second-order valence-corrected chi connectivity index (χ2v) is 9.25. The zero-order chi connectivity index (χ0) is 20.4. The van der Waals surface area contributed by atoms with Crippen molar-refractivity contribution in [3.63, 3.8) is 0 Å². The zero-order valence-corrected chi connectivity index (χ0v) is 18.6. The monoisotopic (exact) mass is 394 g/mol. The Morgan fingerprint density at radius 2 is 2.04 bits per heavy atom. The molecule has 2 heterocycles. The van der Waals surface area contributed by atoms with E-state index in [9.17, 15) is 4.79 Å². The molecule has 2 unspecified atom stereocenters. The van der Waals surface area contributed by atoms with E-state index in [0.29, 0.717) is 11.8 Å².